The summed E-state index contributed by atoms with van der Waals surface area (Å²) in [7, 11) is 0. The van der Waals surface area contributed by atoms with Gasteiger partial charge in [-0.25, -0.2) is 0 Å². The molecule has 0 bridgehead atoms. The molecular formula is C28H45NO. The molecule has 0 aliphatic heterocycles. The van der Waals surface area contributed by atoms with Crippen molar-refractivity contribution < 1.29 is 4.79 Å². The molecule has 0 aliphatic rings. The van der Waals surface area contributed by atoms with Crippen molar-refractivity contribution in [3.05, 3.63) is 60.3 Å². The van der Waals surface area contributed by atoms with E-state index >= 15 is 0 Å². The molecule has 168 valence electrons. The molecule has 0 saturated heterocycles. The SMILES string of the molecule is C=CCc1ccc(C(=O)NC=CCCCCCCCCCCCCCCCC)cc1. The van der Waals surface area contributed by atoms with Crippen molar-refractivity contribution in [1.82, 2.24) is 5.32 Å². The normalized spacial score (nSPS) is 11.1. The number of carbonyl (C=O) groups is 1. The minimum Gasteiger partial charge on any atom is -0.329 e. The van der Waals surface area contributed by atoms with Gasteiger partial charge in [-0.1, -0.05) is 115 Å². The third-order valence-electron chi connectivity index (χ3n) is 5.65. The van der Waals surface area contributed by atoms with E-state index in [0.29, 0.717) is 5.56 Å². The summed E-state index contributed by atoms with van der Waals surface area (Å²) in [5, 5.41) is 2.86. The predicted octanol–water partition coefficient (Wildman–Crippen LogP) is 8.53. The van der Waals surface area contributed by atoms with Crippen LogP contribution in [0.3, 0.4) is 0 Å². The van der Waals surface area contributed by atoms with E-state index in [-0.39, 0.29) is 5.91 Å². The standard InChI is InChI=1S/C28H45NO/c1-3-5-6-7-8-9-10-11-12-13-14-15-16-17-18-19-25-29-28(30)27-23-21-26(20-4-2)22-24-27/h4,19,21-25H,2-3,5-18,20H2,1H3,(H,29,30). The number of hydrogen-bond acceptors (Lipinski definition) is 1. The molecule has 1 aromatic rings. The van der Waals surface area contributed by atoms with Gasteiger partial charge >= 0.3 is 0 Å². The monoisotopic (exact) mass is 411 g/mol. The zero-order valence-electron chi connectivity index (χ0n) is 19.5. The summed E-state index contributed by atoms with van der Waals surface area (Å²) in [6, 6.07) is 7.70. The van der Waals surface area contributed by atoms with Crippen LogP contribution in [0.15, 0.2) is 49.2 Å². The molecule has 0 aliphatic carbocycles. The molecule has 0 spiro atoms. The second kappa shape index (κ2) is 19.2. The lowest BCUT2D eigenvalue weighted by atomic mass is 10.0. The van der Waals surface area contributed by atoms with Crippen molar-refractivity contribution in [3.8, 4) is 0 Å². The first kappa shape index (κ1) is 26.2. The molecule has 1 N–H and O–H groups in total. The molecule has 2 heteroatoms. The van der Waals surface area contributed by atoms with Crippen LogP contribution in [0.4, 0.5) is 0 Å². The maximum atomic E-state index is 12.1. The number of unbranched alkanes of at least 4 members (excludes halogenated alkanes) is 14. The summed E-state index contributed by atoms with van der Waals surface area (Å²) < 4.78 is 0. The number of amides is 1. The highest BCUT2D eigenvalue weighted by atomic mass is 16.1. The van der Waals surface area contributed by atoms with Gasteiger partial charge in [-0.2, -0.15) is 0 Å². The fourth-order valence-electron chi connectivity index (χ4n) is 3.72. The Hall–Kier alpha value is -1.83. The maximum Gasteiger partial charge on any atom is 0.255 e. The van der Waals surface area contributed by atoms with Gasteiger partial charge in [0.2, 0.25) is 0 Å². The quantitative estimate of drug-likeness (QED) is 0.179. The highest BCUT2D eigenvalue weighted by Gasteiger charge is 2.02. The summed E-state index contributed by atoms with van der Waals surface area (Å²) in [6.07, 6.45) is 27.0. The molecular weight excluding hydrogens is 366 g/mol. The van der Waals surface area contributed by atoms with Crippen LogP contribution in [0.25, 0.3) is 0 Å². The van der Waals surface area contributed by atoms with Crippen LogP contribution in [0.2, 0.25) is 0 Å². The largest absolute Gasteiger partial charge is 0.329 e. The molecule has 1 aromatic carbocycles. The third kappa shape index (κ3) is 14.2. The first-order chi connectivity index (χ1) is 14.8. The summed E-state index contributed by atoms with van der Waals surface area (Å²) in [4.78, 5) is 12.1. The smallest absolute Gasteiger partial charge is 0.255 e. The predicted molar refractivity (Wildman–Crippen MR) is 132 cm³/mol. The lowest BCUT2D eigenvalue weighted by Gasteiger charge is -2.03. The summed E-state index contributed by atoms with van der Waals surface area (Å²) in [5.41, 5.74) is 1.87. The van der Waals surface area contributed by atoms with E-state index in [9.17, 15) is 4.79 Å². The van der Waals surface area contributed by atoms with E-state index < -0.39 is 0 Å². The Kier molecular flexibility index (Phi) is 16.7. The number of hydrogen-bond donors (Lipinski definition) is 1. The van der Waals surface area contributed by atoms with Gasteiger partial charge in [-0.15, -0.1) is 6.58 Å². The Bertz CT molecular complexity index is 573. The lowest BCUT2D eigenvalue weighted by Crippen LogP contribution is -2.16. The van der Waals surface area contributed by atoms with Gasteiger partial charge in [0.15, 0.2) is 0 Å². The van der Waals surface area contributed by atoms with Gasteiger partial charge in [0, 0.05) is 11.8 Å². The molecule has 30 heavy (non-hydrogen) atoms. The van der Waals surface area contributed by atoms with Gasteiger partial charge in [0.05, 0.1) is 0 Å². The molecule has 0 atom stereocenters. The average Bonchev–Trinajstić information content (AvgIpc) is 2.76. The number of rotatable bonds is 19. The van der Waals surface area contributed by atoms with E-state index in [1.807, 2.05) is 30.3 Å². The molecule has 1 rings (SSSR count). The van der Waals surface area contributed by atoms with Crippen LogP contribution >= 0.6 is 0 Å². The Labute approximate surface area is 186 Å². The first-order valence-corrected chi connectivity index (χ1v) is 12.4. The van der Waals surface area contributed by atoms with Crippen LogP contribution in [0, 0.1) is 0 Å². The minimum atomic E-state index is -0.0441. The molecule has 0 saturated carbocycles. The van der Waals surface area contributed by atoms with Gasteiger partial charge in [0.25, 0.3) is 5.91 Å². The lowest BCUT2D eigenvalue weighted by molar-refractivity contribution is 0.0970. The second-order valence-electron chi connectivity index (χ2n) is 8.45. The van der Waals surface area contributed by atoms with Crippen molar-refractivity contribution in [2.45, 2.75) is 110 Å². The minimum absolute atomic E-state index is 0.0441. The van der Waals surface area contributed by atoms with Crippen LogP contribution < -0.4 is 5.32 Å². The van der Waals surface area contributed by atoms with Gasteiger partial charge in [-0.05, 0) is 37.0 Å². The van der Waals surface area contributed by atoms with Crippen LogP contribution in [-0.2, 0) is 6.42 Å². The molecule has 0 unspecified atom stereocenters. The van der Waals surface area contributed by atoms with Crippen LogP contribution in [0.1, 0.15) is 119 Å². The molecule has 1 amide bonds. The molecule has 0 heterocycles. The number of benzene rings is 1. The fourth-order valence-corrected chi connectivity index (χ4v) is 3.72. The molecule has 0 fully saturated rings. The highest BCUT2D eigenvalue weighted by molar-refractivity contribution is 5.94. The van der Waals surface area contributed by atoms with Crippen molar-refractivity contribution >= 4 is 5.91 Å². The highest BCUT2D eigenvalue weighted by Crippen LogP contribution is 2.13. The van der Waals surface area contributed by atoms with Crippen molar-refractivity contribution in [3.63, 3.8) is 0 Å². The van der Waals surface area contributed by atoms with Gasteiger partial charge in [0.1, 0.15) is 0 Å². The second-order valence-corrected chi connectivity index (χ2v) is 8.45. The van der Waals surface area contributed by atoms with E-state index in [4.69, 9.17) is 0 Å². The fraction of sp³-hybridized carbons (Fsp3) is 0.607. The number of allylic oxidation sites excluding steroid dienone is 2. The molecule has 2 nitrogen and oxygen atoms in total. The average molecular weight is 412 g/mol. The first-order valence-electron chi connectivity index (χ1n) is 12.4. The van der Waals surface area contributed by atoms with Crippen LogP contribution in [0.5, 0.6) is 0 Å². The Morgan fingerprint density at radius 3 is 1.80 bits per heavy atom. The topological polar surface area (TPSA) is 29.1 Å². The van der Waals surface area contributed by atoms with E-state index in [2.05, 4.69) is 24.9 Å². The zero-order valence-corrected chi connectivity index (χ0v) is 19.5. The Morgan fingerprint density at radius 1 is 0.800 bits per heavy atom. The van der Waals surface area contributed by atoms with Crippen LogP contribution in [-0.4, -0.2) is 5.91 Å². The van der Waals surface area contributed by atoms with E-state index in [0.717, 1.165) is 12.8 Å². The Balaban J connectivity index is 1.90. The Morgan fingerprint density at radius 2 is 1.30 bits per heavy atom. The van der Waals surface area contributed by atoms with Crippen molar-refractivity contribution in [1.29, 1.82) is 0 Å². The maximum absolute atomic E-state index is 12.1. The zero-order chi connectivity index (χ0) is 21.7. The molecule has 0 radical (unpaired) electrons. The summed E-state index contributed by atoms with van der Waals surface area (Å²) in [6.45, 7) is 6.01. The number of nitrogens with one attached hydrogen (secondary N) is 1. The van der Waals surface area contributed by atoms with Gasteiger partial charge < -0.3 is 5.32 Å². The third-order valence-corrected chi connectivity index (χ3v) is 5.65. The van der Waals surface area contributed by atoms with Gasteiger partial charge in [-0.3, -0.25) is 4.79 Å². The summed E-state index contributed by atoms with van der Waals surface area (Å²) >= 11 is 0. The number of carbonyl (C=O) groups excluding carboxylic acids is 1. The van der Waals surface area contributed by atoms with E-state index in [1.54, 1.807) is 6.20 Å². The summed E-state index contributed by atoms with van der Waals surface area (Å²) in [5.74, 6) is -0.0441. The van der Waals surface area contributed by atoms with Crippen molar-refractivity contribution in [2.24, 2.45) is 0 Å². The molecule has 0 aromatic heterocycles. The van der Waals surface area contributed by atoms with E-state index in [1.165, 1.54) is 95.5 Å². The van der Waals surface area contributed by atoms with Crippen molar-refractivity contribution in [2.75, 3.05) is 0 Å².